The van der Waals surface area contributed by atoms with Gasteiger partial charge in [-0.1, -0.05) is 18.2 Å². The van der Waals surface area contributed by atoms with Gasteiger partial charge in [0.1, 0.15) is 5.75 Å². The van der Waals surface area contributed by atoms with Crippen molar-refractivity contribution in [2.45, 2.75) is 0 Å². The molecule has 0 aliphatic heterocycles. The van der Waals surface area contributed by atoms with Crippen LogP contribution in [0.2, 0.25) is 0 Å². The van der Waals surface area contributed by atoms with E-state index >= 15 is 0 Å². The van der Waals surface area contributed by atoms with Gasteiger partial charge in [0.2, 0.25) is 5.88 Å². The van der Waals surface area contributed by atoms with Gasteiger partial charge in [-0.3, -0.25) is 4.98 Å². The number of ether oxygens (including phenoxy) is 1. The molecule has 20 heavy (non-hydrogen) atoms. The highest BCUT2D eigenvalue weighted by molar-refractivity contribution is 5.85. The van der Waals surface area contributed by atoms with Gasteiger partial charge in [0.05, 0.1) is 11.7 Å². The van der Waals surface area contributed by atoms with E-state index in [4.69, 9.17) is 9.84 Å². The molecule has 0 fully saturated rings. The summed E-state index contributed by atoms with van der Waals surface area (Å²) in [5, 5.41) is 16.9. The van der Waals surface area contributed by atoms with Crippen LogP contribution in [0.3, 0.4) is 0 Å². The van der Waals surface area contributed by atoms with Crippen molar-refractivity contribution in [1.29, 1.82) is 0 Å². The first-order valence-electron chi connectivity index (χ1n) is 5.82. The van der Waals surface area contributed by atoms with Gasteiger partial charge >= 0.3 is 5.97 Å². The number of aromatic carboxylic acids is 1. The van der Waals surface area contributed by atoms with E-state index in [1.807, 2.05) is 30.3 Å². The molecule has 0 bridgehead atoms. The van der Waals surface area contributed by atoms with Crippen LogP contribution in [0.1, 0.15) is 10.5 Å². The SMILES string of the molecule is O=C(O)c1ccc(Oc2cnc3ccccc3c2)nn1. The Labute approximate surface area is 113 Å². The van der Waals surface area contributed by atoms with E-state index < -0.39 is 5.97 Å². The van der Waals surface area contributed by atoms with Crippen molar-refractivity contribution >= 4 is 16.9 Å². The number of fused-ring (bicyclic) bond motifs is 1. The van der Waals surface area contributed by atoms with Crippen LogP contribution in [0, 0.1) is 0 Å². The van der Waals surface area contributed by atoms with Crippen LogP contribution >= 0.6 is 0 Å². The molecule has 1 N–H and O–H groups in total. The number of carboxylic acids is 1. The Morgan fingerprint density at radius 2 is 1.95 bits per heavy atom. The Balaban J connectivity index is 1.87. The Kier molecular flexibility index (Phi) is 2.96. The second-order valence-corrected chi connectivity index (χ2v) is 4.03. The molecule has 6 nitrogen and oxygen atoms in total. The van der Waals surface area contributed by atoms with Crippen LogP contribution in [0.5, 0.6) is 11.6 Å². The summed E-state index contributed by atoms with van der Waals surface area (Å²) in [6, 6.07) is 12.3. The monoisotopic (exact) mass is 267 g/mol. The lowest BCUT2D eigenvalue weighted by Crippen LogP contribution is -2.02. The first kappa shape index (κ1) is 12.0. The number of carbonyl (C=O) groups is 1. The number of nitrogens with zero attached hydrogens (tertiary/aromatic N) is 3. The molecule has 3 rings (SSSR count). The van der Waals surface area contributed by atoms with Gasteiger partial charge in [0.25, 0.3) is 0 Å². The highest BCUT2D eigenvalue weighted by atomic mass is 16.5. The lowest BCUT2D eigenvalue weighted by Gasteiger charge is -2.04. The second-order valence-electron chi connectivity index (χ2n) is 4.03. The summed E-state index contributed by atoms with van der Waals surface area (Å²) in [4.78, 5) is 14.9. The Morgan fingerprint density at radius 3 is 2.70 bits per heavy atom. The van der Waals surface area contributed by atoms with Crippen LogP contribution in [0.15, 0.2) is 48.7 Å². The quantitative estimate of drug-likeness (QED) is 0.784. The largest absolute Gasteiger partial charge is 0.476 e. The van der Waals surface area contributed by atoms with Crippen molar-refractivity contribution in [3.8, 4) is 11.6 Å². The molecular weight excluding hydrogens is 258 g/mol. The van der Waals surface area contributed by atoms with E-state index in [1.54, 1.807) is 6.20 Å². The standard InChI is InChI=1S/C14H9N3O3/c18-14(19)12-5-6-13(17-16-12)20-10-7-9-3-1-2-4-11(9)15-8-10/h1-8H,(H,18,19). The normalized spacial score (nSPS) is 10.4. The Morgan fingerprint density at radius 1 is 1.10 bits per heavy atom. The fraction of sp³-hybridized carbons (Fsp3) is 0. The van der Waals surface area contributed by atoms with Crippen LogP contribution in [-0.2, 0) is 0 Å². The third-order valence-electron chi connectivity index (χ3n) is 2.65. The molecular formula is C14H9N3O3. The molecule has 0 aliphatic carbocycles. The summed E-state index contributed by atoms with van der Waals surface area (Å²) in [5.41, 5.74) is 0.737. The molecule has 0 radical (unpaired) electrons. The maximum absolute atomic E-state index is 10.7. The molecule has 0 amide bonds. The van der Waals surface area contributed by atoms with Gasteiger partial charge < -0.3 is 9.84 Å². The number of para-hydroxylation sites is 1. The summed E-state index contributed by atoms with van der Waals surface area (Å²) in [7, 11) is 0. The maximum atomic E-state index is 10.7. The third-order valence-corrected chi connectivity index (χ3v) is 2.65. The number of aromatic nitrogens is 3. The Hall–Kier alpha value is -3.02. The number of benzene rings is 1. The fourth-order valence-electron chi connectivity index (χ4n) is 1.72. The molecule has 6 heteroatoms. The average molecular weight is 267 g/mol. The van der Waals surface area contributed by atoms with Crippen LogP contribution < -0.4 is 4.74 Å². The van der Waals surface area contributed by atoms with Gasteiger partial charge in [-0.15, -0.1) is 10.2 Å². The first-order chi connectivity index (χ1) is 9.72. The minimum atomic E-state index is -1.13. The number of rotatable bonds is 3. The van der Waals surface area contributed by atoms with Crippen LogP contribution in [-0.4, -0.2) is 26.3 Å². The zero-order valence-electron chi connectivity index (χ0n) is 10.2. The molecule has 3 aromatic rings. The molecule has 1 aromatic carbocycles. The van der Waals surface area contributed by atoms with Crippen molar-refractivity contribution < 1.29 is 14.6 Å². The molecule has 0 atom stereocenters. The topological polar surface area (TPSA) is 85.2 Å². The minimum Gasteiger partial charge on any atom is -0.476 e. The molecule has 2 heterocycles. The van der Waals surface area contributed by atoms with E-state index in [-0.39, 0.29) is 11.6 Å². The van der Waals surface area contributed by atoms with Crippen molar-refractivity contribution in [3.63, 3.8) is 0 Å². The van der Waals surface area contributed by atoms with Crippen LogP contribution in [0.4, 0.5) is 0 Å². The smallest absolute Gasteiger partial charge is 0.356 e. The number of pyridine rings is 1. The van der Waals surface area contributed by atoms with E-state index in [0.29, 0.717) is 5.75 Å². The van der Waals surface area contributed by atoms with Crippen molar-refractivity contribution in [3.05, 3.63) is 54.4 Å². The molecule has 0 unspecified atom stereocenters. The lowest BCUT2D eigenvalue weighted by atomic mass is 10.2. The number of hydrogen-bond acceptors (Lipinski definition) is 5. The average Bonchev–Trinajstić information content (AvgIpc) is 2.48. The van der Waals surface area contributed by atoms with E-state index in [2.05, 4.69) is 15.2 Å². The molecule has 2 aromatic heterocycles. The highest BCUT2D eigenvalue weighted by Gasteiger charge is 2.06. The highest BCUT2D eigenvalue weighted by Crippen LogP contribution is 2.22. The Bertz CT molecular complexity index is 772. The van der Waals surface area contributed by atoms with Gasteiger partial charge in [0.15, 0.2) is 5.69 Å². The van der Waals surface area contributed by atoms with E-state index in [9.17, 15) is 4.79 Å². The van der Waals surface area contributed by atoms with Crippen molar-refractivity contribution in [1.82, 2.24) is 15.2 Å². The molecule has 98 valence electrons. The minimum absolute atomic E-state index is 0.131. The van der Waals surface area contributed by atoms with Gasteiger partial charge in [0, 0.05) is 11.5 Å². The first-order valence-corrected chi connectivity index (χ1v) is 5.82. The second kappa shape index (κ2) is 4.93. The summed E-state index contributed by atoms with van der Waals surface area (Å²) >= 11 is 0. The molecule has 0 spiro atoms. The molecule has 0 saturated heterocycles. The summed E-state index contributed by atoms with van der Waals surface area (Å²) in [5.74, 6) is -0.399. The van der Waals surface area contributed by atoms with Gasteiger partial charge in [-0.25, -0.2) is 4.79 Å². The van der Waals surface area contributed by atoms with Crippen molar-refractivity contribution in [2.75, 3.05) is 0 Å². The summed E-state index contributed by atoms with van der Waals surface area (Å²) in [6.45, 7) is 0. The zero-order valence-corrected chi connectivity index (χ0v) is 10.2. The number of hydrogen-bond donors (Lipinski definition) is 1. The summed E-state index contributed by atoms with van der Waals surface area (Å²) < 4.78 is 5.49. The number of carboxylic acid groups (broad SMARTS) is 1. The van der Waals surface area contributed by atoms with E-state index in [1.165, 1.54) is 12.1 Å². The zero-order chi connectivity index (χ0) is 13.9. The van der Waals surface area contributed by atoms with Gasteiger partial charge in [-0.2, -0.15) is 0 Å². The van der Waals surface area contributed by atoms with Gasteiger partial charge in [-0.05, 0) is 18.2 Å². The van der Waals surface area contributed by atoms with Crippen LogP contribution in [0.25, 0.3) is 10.9 Å². The molecule has 0 saturated carbocycles. The fourth-order valence-corrected chi connectivity index (χ4v) is 1.72. The maximum Gasteiger partial charge on any atom is 0.356 e. The predicted octanol–water partition coefficient (Wildman–Crippen LogP) is 2.52. The van der Waals surface area contributed by atoms with E-state index in [0.717, 1.165) is 10.9 Å². The summed E-state index contributed by atoms with van der Waals surface area (Å²) in [6.07, 6.45) is 1.58. The van der Waals surface area contributed by atoms with Crippen molar-refractivity contribution in [2.24, 2.45) is 0 Å². The predicted molar refractivity (Wildman–Crippen MR) is 70.8 cm³/mol. The molecule has 0 aliphatic rings. The lowest BCUT2D eigenvalue weighted by molar-refractivity contribution is 0.0689. The third kappa shape index (κ3) is 2.39.